The molecule has 2 atom stereocenters. The number of nitrogens with one attached hydrogen (secondary N) is 1. The van der Waals surface area contributed by atoms with E-state index in [1.54, 1.807) is 0 Å². The van der Waals surface area contributed by atoms with Crippen molar-refractivity contribution in [3.63, 3.8) is 0 Å². The van der Waals surface area contributed by atoms with Gasteiger partial charge in [-0.3, -0.25) is 14.3 Å². The lowest BCUT2D eigenvalue weighted by Crippen LogP contribution is -2.43. The van der Waals surface area contributed by atoms with Gasteiger partial charge in [0.2, 0.25) is 15.9 Å². The quantitative estimate of drug-likeness (QED) is 0.846. The maximum absolute atomic E-state index is 12.6. The molecule has 24 heavy (non-hydrogen) atoms. The Morgan fingerprint density at radius 1 is 1.29 bits per heavy atom. The second-order valence-electron chi connectivity index (χ2n) is 7.47. The Balaban J connectivity index is 1.81. The molecule has 0 aromatic heterocycles. The Labute approximate surface area is 141 Å². The molecular formula is C17H22N2O4S. The summed E-state index contributed by atoms with van der Waals surface area (Å²) in [6, 6.07) is 5.92. The number of fused-ring (bicyclic) bond motifs is 2. The smallest absolute Gasteiger partial charge is 0.248 e. The Kier molecular flexibility index (Phi) is 3.75. The highest BCUT2D eigenvalue weighted by molar-refractivity contribution is 7.92. The molecule has 6 nitrogen and oxygen atoms in total. The lowest BCUT2D eigenvalue weighted by Gasteiger charge is -2.36. The Bertz CT molecular complexity index is 798. The second kappa shape index (κ2) is 5.31. The molecule has 0 radical (unpaired) electrons. The first-order chi connectivity index (χ1) is 11.1. The van der Waals surface area contributed by atoms with Crippen LogP contribution in [0.3, 0.4) is 0 Å². The lowest BCUT2D eigenvalue weighted by molar-refractivity contribution is -0.128. The number of carbonyl (C=O) groups excluding carboxylic acids is 2. The van der Waals surface area contributed by atoms with Crippen LogP contribution in [0, 0.1) is 16.7 Å². The van der Waals surface area contributed by atoms with Gasteiger partial charge in [-0.25, -0.2) is 8.42 Å². The van der Waals surface area contributed by atoms with E-state index in [2.05, 4.69) is 4.72 Å². The van der Waals surface area contributed by atoms with E-state index in [0.29, 0.717) is 24.1 Å². The van der Waals surface area contributed by atoms with E-state index in [4.69, 9.17) is 5.73 Å². The summed E-state index contributed by atoms with van der Waals surface area (Å²) in [5.41, 5.74) is 4.74. The van der Waals surface area contributed by atoms with Gasteiger partial charge in [0.15, 0.2) is 0 Å². The number of benzene rings is 1. The second-order valence-corrected chi connectivity index (χ2v) is 9.19. The maximum atomic E-state index is 12.6. The van der Waals surface area contributed by atoms with Crippen LogP contribution in [0.15, 0.2) is 24.3 Å². The first kappa shape index (κ1) is 17.0. The fourth-order valence-corrected chi connectivity index (χ4v) is 6.24. The molecule has 0 unspecified atom stereocenters. The predicted octanol–water partition coefficient (Wildman–Crippen LogP) is 1.92. The van der Waals surface area contributed by atoms with Crippen molar-refractivity contribution in [3.8, 4) is 0 Å². The van der Waals surface area contributed by atoms with Crippen LogP contribution in [-0.4, -0.2) is 25.9 Å². The van der Waals surface area contributed by atoms with Crippen molar-refractivity contribution in [2.24, 2.45) is 22.5 Å². The van der Waals surface area contributed by atoms with Gasteiger partial charge in [-0.1, -0.05) is 13.8 Å². The summed E-state index contributed by atoms with van der Waals surface area (Å²) in [4.78, 5) is 23.5. The summed E-state index contributed by atoms with van der Waals surface area (Å²) >= 11 is 0. The van der Waals surface area contributed by atoms with E-state index in [-0.39, 0.29) is 22.9 Å². The minimum absolute atomic E-state index is 0.0678. The first-order valence-electron chi connectivity index (χ1n) is 8.01. The normalized spacial score (nSPS) is 28.1. The van der Waals surface area contributed by atoms with E-state index >= 15 is 0 Å². The molecule has 2 fully saturated rings. The Morgan fingerprint density at radius 2 is 1.92 bits per heavy atom. The number of amides is 1. The van der Waals surface area contributed by atoms with E-state index in [9.17, 15) is 18.0 Å². The van der Waals surface area contributed by atoms with Gasteiger partial charge in [-0.15, -0.1) is 0 Å². The molecule has 0 heterocycles. The van der Waals surface area contributed by atoms with Crippen molar-refractivity contribution in [2.45, 2.75) is 33.1 Å². The van der Waals surface area contributed by atoms with Gasteiger partial charge in [0, 0.05) is 17.7 Å². The number of hydrogen-bond acceptors (Lipinski definition) is 4. The average molecular weight is 350 g/mol. The highest BCUT2D eigenvalue weighted by Gasteiger charge is 2.65. The van der Waals surface area contributed by atoms with Gasteiger partial charge in [-0.2, -0.15) is 0 Å². The number of hydrogen-bond donors (Lipinski definition) is 2. The molecular weight excluding hydrogens is 328 g/mol. The number of carbonyl (C=O) groups is 2. The van der Waals surface area contributed by atoms with E-state index < -0.39 is 21.3 Å². The monoisotopic (exact) mass is 350 g/mol. The molecule has 130 valence electrons. The third-order valence-electron chi connectivity index (χ3n) is 6.02. The van der Waals surface area contributed by atoms with E-state index in [1.807, 2.05) is 13.8 Å². The van der Waals surface area contributed by atoms with Crippen LogP contribution in [-0.2, 0) is 14.8 Å². The molecule has 3 rings (SSSR count). The molecule has 0 spiro atoms. The Morgan fingerprint density at radius 3 is 2.38 bits per heavy atom. The van der Waals surface area contributed by atoms with E-state index in [1.165, 1.54) is 24.3 Å². The zero-order valence-corrected chi connectivity index (χ0v) is 14.7. The van der Waals surface area contributed by atoms with Gasteiger partial charge in [0.1, 0.15) is 5.78 Å². The summed E-state index contributed by atoms with van der Waals surface area (Å²) < 4.78 is 27.8. The standard InChI is InChI=1S/C17H22N2O4S/c1-16(2)12-7-8-17(16,14(20)9-12)10-24(22,23)19-13-5-3-11(4-6-13)15(18)21/h3-6,12,19H,7-10H2,1-2H3,(H2,18,21)/t12-,17-/m0/s1. The number of primary amides is 1. The molecule has 1 aromatic carbocycles. The highest BCUT2D eigenvalue weighted by Crippen LogP contribution is 2.64. The molecule has 2 bridgehead atoms. The fourth-order valence-electron chi connectivity index (χ4n) is 4.35. The number of sulfonamides is 1. The molecule has 1 amide bonds. The lowest BCUT2D eigenvalue weighted by atomic mass is 9.70. The van der Waals surface area contributed by atoms with Crippen molar-refractivity contribution in [2.75, 3.05) is 10.5 Å². The van der Waals surface area contributed by atoms with Crippen molar-refractivity contribution in [3.05, 3.63) is 29.8 Å². The van der Waals surface area contributed by atoms with Gasteiger partial charge in [0.05, 0.1) is 11.2 Å². The average Bonchev–Trinajstić information content (AvgIpc) is 2.81. The van der Waals surface area contributed by atoms with Crippen LogP contribution in [0.25, 0.3) is 0 Å². The van der Waals surface area contributed by atoms with Crippen molar-refractivity contribution >= 4 is 27.4 Å². The molecule has 0 saturated heterocycles. The Hall–Kier alpha value is -1.89. The van der Waals surface area contributed by atoms with Crippen LogP contribution in [0.4, 0.5) is 5.69 Å². The molecule has 2 aliphatic carbocycles. The van der Waals surface area contributed by atoms with Crippen LogP contribution in [0.5, 0.6) is 0 Å². The minimum atomic E-state index is -3.69. The number of rotatable bonds is 5. The summed E-state index contributed by atoms with van der Waals surface area (Å²) in [5.74, 6) is -0.424. The highest BCUT2D eigenvalue weighted by atomic mass is 32.2. The van der Waals surface area contributed by atoms with Gasteiger partial charge in [0.25, 0.3) is 0 Å². The third kappa shape index (κ3) is 2.51. The largest absolute Gasteiger partial charge is 0.366 e. The van der Waals surface area contributed by atoms with Crippen LogP contribution in [0.1, 0.15) is 43.5 Å². The molecule has 2 aliphatic rings. The van der Waals surface area contributed by atoms with Crippen molar-refractivity contribution in [1.29, 1.82) is 0 Å². The summed E-state index contributed by atoms with van der Waals surface area (Å²) in [7, 11) is -3.69. The molecule has 0 aliphatic heterocycles. The summed E-state index contributed by atoms with van der Waals surface area (Å²) in [5, 5.41) is 0. The number of nitrogens with two attached hydrogens (primary N) is 1. The van der Waals surface area contributed by atoms with Gasteiger partial charge in [-0.05, 0) is 48.4 Å². The zero-order chi connectivity index (χ0) is 17.8. The SMILES string of the molecule is CC1(C)[C@H]2CC[C@]1(CS(=O)(=O)Nc1ccc(C(N)=O)cc1)C(=O)C2. The van der Waals surface area contributed by atoms with Crippen molar-refractivity contribution in [1.82, 2.24) is 0 Å². The van der Waals surface area contributed by atoms with Crippen molar-refractivity contribution < 1.29 is 18.0 Å². The van der Waals surface area contributed by atoms with Gasteiger partial charge < -0.3 is 5.73 Å². The fraction of sp³-hybridized carbons (Fsp3) is 0.529. The minimum Gasteiger partial charge on any atom is -0.366 e. The van der Waals surface area contributed by atoms with Crippen LogP contribution >= 0.6 is 0 Å². The third-order valence-corrected chi connectivity index (χ3v) is 7.44. The molecule has 7 heteroatoms. The number of anilines is 1. The van der Waals surface area contributed by atoms with Crippen LogP contribution < -0.4 is 10.5 Å². The predicted molar refractivity (Wildman–Crippen MR) is 90.9 cm³/mol. The van der Waals surface area contributed by atoms with Crippen LogP contribution in [0.2, 0.25) is 0 Å². The maximum Gasteiger partial charge on any atom is 0.248 e. The zero-order valence-electron chi connectivity index (χ0n) is 13.8. The molecule has 1 aromatic rings. The molecule has 2 saturated carbocycles. The molecule has 3 N–H and O–H groups in total. The topological polar surface area (TPSA) is 106 Å². The summed E-state index contributed by atoms with van der Waals surface area (Å²) in [6.45, 7) is 4.01. The van der Waals surface area contributed by atoms with Gasteiger partial charge >= 0.3 is 0 Å². The number of ketones is 1. The number of Topliss-reactive ketones (excluding diaryl/α,β-unsaturated/α-hetero) is 1. The van der Waals surface area contributed by atoms with E-state index in [0.717, 1.165) is 6.42 Å². The first-order valence-corrected chi connectivity index (χ1v) is 9.66. The summed E-state index contributed by atoms with van der Waals surface area (Å²) in [6.07, 6.45) is 2.02.